The minimum absolute atomic E-state index is 0.343. The summed E-state index contributed by atoms with van der Waals surface area (Å²) in [6.07, 6.45) is 3.84. The maximum absolute atomic E-state index is 9.53. The summed E-state index contributed by atoms with van der Waals surface area (Å²) < 4.78 is 0. The number of benzene rings is 1. The number of aryl methyl sites for hydroxylation is 1. The molecule has 22 heavy (non-hydrogen) atoms. The maximum Gasteiger partial charge on any atom is 0.125 e. The Balaban J connectivity index is 1.49. The van der Waals surface area contributed by atoms with Crippen molar-refractivity contribution in [2.45, 2.75) is 20.0 Å². The third kappa shape index (κ3) is 4.02. The smallest absolute Gasteiger partial charge is 0.125 e. The lowest BCUT2D eigenvalue weighted by Crippen LogP contribution is -2.45. The molecule has 2 heterocycles. The summed E-state index contributed by atoms with van der Waals surface area (Å²) >= 11 is 0. The summed E-state index contributed by atoms with van der Waals surface area (Å²) in [4.78, 5) is 13.4. The van der Waals surface area contributed by atoms with Crippen LogP contribution in [0.5, 0.6) is 5.75 Å². The summed E-state index contributed by atoms with van der Waals surface area (Å²) in [5, 5.41) is 9.53. The van der Waals surface area contributed by atoms with Crippen LogP contribution in [0.1, 0.15) is 17.0 Å². The van der Waals surface area contributed by atoms with Crippen LogP contribution in [0.25, 0.3) is 0 Å². The zero-order valence-corrected chi connectivity index (χ0v) is 12.9. The Bertz CT molecular complexity index is 606. The minimum Gasteiger partial charge on any atom is -0.508 e. The predicted octanol–water partition coefficient (Wildman–Crippen LogP) is 1.81. The molecule has 1 aromatic heterocycles. The van der Waals surface area contributed by atoms with Gasteiger partial charge in [0.15, 0.2) is 0 Å². The highest BCUT2D eigenvalue weighted by molar-refractivity contribution is 5.27. The standard InChI is InChI=1S/C17H22N4O/c1-14-18-10-16(11-19-14)13-21-7-5-20(6-8-21)12-15-3-2-4-17(22)9-15/h2-4,9-11,22H,5-8,12-13H2,1H3. The Morgan fingerprint density at radius 3 is 2.14 bits per heavy atom. The molecule has 116 valence electrons. The van der Waals surface area contributed by atoms with Crippen molar-refractivity contribution in [1.29, 1.82) is 0 Å². The van der Waals surface area contributed by atoms with Crippen LogP contribution >= 0.6 is 0 Å². The van der Waals surface area contributed by atoms with Gasteiger partial charge in [-0.25, -0.2) is 9.97 Å². The van der Waals surface area contributed by atoms with Crippen molar-refractivity contribution in [3.05, 3.63) is 53.6 Å². The molecular formula is C17H22N4O. The molecule has 0 amide bonds. The zero-order valence-electron chi connectivity index (χ0n) is 12.9. The van der Waals surface area contributed by atoms with Gasteiger partial charge in [0.1, 0.15) is 11.6 Å². The molecule has 0 unspecified atom stereocenters. The SMILES string of the molecule is Cc1ncc(CN2CCN(Cc3cccc(O)c3)CC2)cn1. The van der Waals surface area contributed by atoms with Crippen molar-refractivity contribution in [3.8, 4) is 5.75 Å². The predicted molar refractivity (Wildman–Crippen MR) is 85.4 cm³/mol. The van der Waals surface area contributed by atoms with E-state index in [9.17, 15) is 5.11 Å². The number of phenols is 1. The van der Waals surface area contributed by atoms with E-state index in [-0.39, 0.29) is 0 Å². The van der Waals surface area contributed by atoms with Gasteiger partial charge in [-0.1, -0.05) is 12.1 Å². The third-order valence-corrected chi connectivity index (χ3v) is 4.02. The van der Waals surface area contributed by atoms with Crippen LogP contribution in [0.4, 0.5) is 0 Å². The van der Waals surface area contributed by atoms with Crippen molar-refractivity contribution < 1.29 is 5.11 Å². The molecule has 1 fully saturated rings. The number of aromatic hydroxyl groups is 1. The number of phenolic OH excluding ortho intramolecular Hbond substituents is 1. The maximum atomic E-state index is 9.53. The second-order valence-electron chi connectivity index (χ2n) is 5.86. The Morgan fingerprint density at radius 2 is 1.55 bits per heavy atom. The molecule has 0 atom stereocenters. The van der Waals surface area contributed by atoms with E-state index in [1.807, 2.05) is 31.5 Å². The average molecular weight is 298 g/mol. The summed E-state index contributed by atoms with van der Waals surface area (Å²) in [7, 11) is 0. The molecule has 0 bridgehead atoms. The molecule has 1 aliphatic rings. The lowest BCUT2D eigenvalue weighted by molar-refractivity contribution is 0.122. The fourth-order valence-electron chi connectivity index (χ4n) is 2.78. The van der Waals surface area contributed by atoms with Crippen LogP contribution in [-0.2, 0) is 13.1 Å². The number of piperazine rings is 1. The molecule has 3 rings (SSSR count). The van der Waals surface area contributed by atoms with Crippen LogP contribution in [-0.4, -0.2) is 51.1 Å². The lowest BCUT2D eigenvalue weighted by atomic mass is 10.2. The quantitative estimate of drug-likeness (QED) is 0.933. The number of nitrogens with zero attached hydrogens (tertiary/aromatic N) is 4. The number of aromatic nitrogens is 2. The van der Waals surface area contributed by atoms with Gasteiger partial charge >= 0.3 is 0 Å². The van der Waals surface area contributed by atoms with Crippen molar-refractivity contribution in [2.75, 3.05) is 26.2 Å². The van der Waals surface area contributed by atoms with Gasteiger partial charge in [0.05, 0.1) is 0 Å². The van der Waals surface area contributed by atoms with Crippen molar-refractivity contribution in [2.24, 2.45) is 0 Å². The second kappa shape index (κ2) is 6.85. The van der Waals surface area contributed by atoms with Crippen molar-refractivity contribution in [3.63, 3.8) is 0 Å². The van der Waals surface area contributed by atoms with Crippen LogP contribution < -0.4 is 0 Å². The lowest BCUT2D eigenvalue weighted by Gasteiger charge is -2.34. The largest absolute Gasteiger partial charge is 0.508 e. The minimum atomic E-state index is 0.343. The van der Waals surface area contributed by atoms with Crippen LogP contribution in [0.2, 0.25) is 0 Å². The molecule has 1 aliphatic heterocycles. The summed E-state index contributed by atoms with van der Waals surface area (Å²) in [6, 6.07) is 7.52. The van der Waals surface area contributed by atoms with Crippen molar-refractivity contribution in [1.82, 2.24) is 19.8 Å². The van der Waals surface area contributed by atoms with E-state index in [1.54, 1.807) is 6.07 Å². The number of hydrogen-bond donors (Lipinski definition) is 1. The van der Waals surface area contributed by atoms with E-state index < -0.39 is 0 Å². The first-order chi connectivity index (χ1) is 10.7. The first kappa shape index (κ1) is 14.9. The van der Waals surface area contributed by atoms with E-state index in [0.29, 0.717) is 5.75 Å². The molecule has 1 aromatic carbocycles. The van der Waals surface area contributed by atoms with E-state index in [2.05, 4.69) is 25.8 Å². The van der Waals surface area contributed by atoms with E-state index >= 15 is 0 Å². The molecule has 1 N–H and O–H groups in total. The van der Waals surface area contributed by atoms with Gasteiger partial charge in [0, 0.05) is 57.2 Å². The highest BCUT2D eigenvalue weighted by atomic mass is 16.3. The molecule has 0 radical (unpaired) electrons. The van der Waals surface area contributed by atoms with Crippen LogP contribution in [0.15, 0.2) is 36.7 Å². The van der Waals surface area contributed by atoms with E-state index in [0.717, 1.165) is 45.1 Å². The molecule has 2 aromatic rings. The normalized spacial score (nSPS) is 16.8. The Kier molecular flexibility index (Phi) is 4.65. The summed E-state index contributed by atoms with van der Waals surface area (Å²) in [5.74, 6) is 1.16. The molecule has 1 saturated heterocycles. The average Bonchev–Trinajstić information content (AvgIpc) is 2.52. The summed E-state index contributed by atoms with van der Waals surface area (Å²) in [6.45, 7) is 7.91. The topological polar surface area (TPSA) is 52.5 Å². The highest BCUT2D eigenvalue weighted by Crippen LogP contribution is 2.15. The second-order valence-corrected chi connectivity index (χ2v) is 5.86. The van der Waals surface area contributed by atoms with Crippen LogP contribution in [0.3, 0.4) is 0 Å². The molecule has 0 spiro atoms. The van der Waals surface area contributed by atoms with Gasteiger partial charge in [0.25, 0.3) is 0 Å². The first-order valence-electron chi connectivity index (χ1n) is 7.69. The van der Waals surface area contributed by atoms with E-state index in [4.69, 9.17) is 0 Å². The Hall–Kier alpha value is -1.98. The molecule has 0 saturated carbocycles. The zero-order chi connectivity index (χ0) is 15.4. The van der Waals surface area contributed by atoms with Gasteiger partial charge in [-0.2, -0.15) is 0 Å². The fourth-order valence-corrected chi connectivity index (χ4v) is 2.78. The highest BCUT2D eigenvalue weighted by Gasteiger charge is 2.17. The monoisotopic (exact) mass is 298 g/mol. The summed E-state index contributed by atoms with van der Waals surface area (Å²) in [5.41, 5.74) is 2.34. The number of rotatable bonds is 4. The fraction of sp³-hybridized carbons (Fsp3) is 0.412. The van der Waals surface area contributed by atoms with Gasteiger partial charge in [-0.15, -0.1) is 0 Å². The third-order valence-electron chi connectivity index (χ3n) is 4.02. The van der Waals surface area contributed by atoms with Gasteiger partial charge < -0.3 is 5.11 Å². The van der Waals surface area contributed by atoms with Gasteiger partial charge in [0.2, 0.25) is 0 Å². The molecule has 5 heteroatoms. The molecular weight excluding hydrogens is 276 g/mol. The first-order valence-corrected chi connectivity index (χ1v) is 7.69. The van der Waals surface area contributed by atoms with Crippen molar-refractivity contribution >= 4 is 0 Å². The Morgan fingerprint density at radius 1 is 0.955 bits per heavy atom. The van der Waals surface area contributed by atoms with E-state index in [1.165, 1.54) is 11.1 Å². The van der Waals surface area contributed by atoms with Gasteiger partial charge in [-0.05, 0) is 24.6 Å². The van der Waals surface area contributed by atoms with Gasteiger partial charge in [-0.3, -0.25) is 9.80 Å². The Labute approximate surface area is 131 Å². The molecule has 5 nitrogen and oxygen atoms in total. The van der Waals surface area contributed by atoms with Crippen LogP contribution in [0, 0.1) is 6.92 Å². The molecule has 0 aliphatic carbocycles. The number of hydrogen-bond acceptors (Lipinski definition) is 5.